The predicted molar refractivity (Wildman–Crippen MR) is 65.5 cm³/mol. The van der Waals surface area contributed by atoms with E-state index in [0.29, 0.717) is 6.42 Å². The summed E-state index contributed by atoms with van der Waals surface area (Å²) in [4.78, 5) is 24.9. The second-order valence-corrected chi connectivity index (χ2v) is 4.42. The molecule has 0 bridgehead atoms. The summed E-state index contributed by atoms with van der Waals surface area (Å²) in [6, 6.07) is 1.65. The van der Waals surface area contributed by atoms with Gasteiger partial charge in [-0.1, -0.05) is 13.0 Å². The molecule has 1 aromatic rings. The Hall–Kier alpha value is -1.98. The molecule has 19 heavy (non-hydrogen) atoms. The molecule has 2 rings (SSSR count). The van der Waals surface area contributed by atoms with Gasteiger partial charge in [-0.3, -0.25) is 14.5 Å². The third-order valence-electron chi connectivity index (χ3n) is 3.21. The fourth-order valence-corrected chi connectivity index (χ4v) is 2.13. The van der Waals surface area contributed by atoms with E-state index in [1.807, 2.05) is 0 Å². The van der Waals surface area contributed by atoms with Crippen molar-refractivity contribution in [2.24, 2.45) is 0 Å². The lowest BCUT2D eigenvalue weighted by atomic mass is 10.0. The minimum atomic E-state index is -0.943. The number of anilines is 1. The number of rotatable bonds is 2. The first kappa shape index (κ1) is 13.5. The molecular weight excluding hydrogens is 254 g/mol. The van der Waals surface area contributed by atoms with Crippen molar-refractivity contribution in [3.8, 4) is 0 Å². The Kier molecular flexibility index (Phi) is 3.50. The lowest BCUT2D eigenvalue weighted by molar-refractivity contribution is -0.133. The van der Waals surface area contributed by atoms with Crippen LogP contribution in [0.3, 0.4) is 0 Å². The van der Waals surface area contributed by atoms with Gasteiger partial charge in [0.2, 0.25) is 11.8 Å². The molecule has 4 nitrogen and oxygen atoms in total. The van der Waals surface area contributed by atoms with Crippen LogP contribution in [-0.2, 0) is 9.59 Å². The number of hydrogen-bond acceptors (Lipinski definition) is 2. The number of amides is 2. The largest absolute Gasteiger partial charge is 0.343 e. The molecule has 0 aromatic heterocycles. The average Bonchev–Trinajstić information content (AvgIpc) is 2.37. The first-order chi connectivity index (χ1) is 8.97. The van der Waals surface area contributed by atoms with Crippen molar-refractivity contribution >= 4 is 17.5 Å². The Bertz CT molecular complexity index is 513. The van der Waals surface area contributed by atoms with E-state index in [-0.39, 0.29) is 0 Å². The lowest BCUT2D eigenvalue weighted by Crippen LogP contribution is -2.62. The van der Waals surface area contributed by atoms with Crippen LogP contribution in [0.15, 0.2) is 18.2 Å². The summed E-state index contributed by atoms with van der Waals surface area (Å²) in [5, 5.41) is 2.53. The Labute approximate surface area is 109 Å². The molecule has 6 heteroatoms. The quantitative estimate of drug-likeness (QED) is 0.885. The monoisotopic (exact) mass is 268 g/mol. The topological polar surface area (TPSA) is 49.4 Å². The van der Waals surface area contributed by atoms with Gasteiger partial charge in [0, 0.05) is 0 Å². The SMILES string of the molecule is CCC1NC(=O)C(C)N(c2c(F)cccc2F)C1=O. The summed E-state index contributed by atoms with van der Waals surface area (Å²) in [6.45, 7) is 3.15. The maximum absolute atomic E-state index is 13.8. The Morgan fingerprint density at radius 2 is 1.84 bits per heavy atom. The molecule has 102 valence electrons. The highest BCUT2D eigenvalue weighted by atomic mass is 19.1. The van der Waals surface area contributed by atoms with Crippen LogP contribution in [-0.4, -0.2) is 23.9 Å². The van der Waals surface area contributed by atoms with Gasteiger partial charge in [-0.15, -0.1) is 0 Å². The van der Waals surface area contributed by atoms with E-state index >= 15 is 0 Å². The van der Waals surface area contributed by atoms with Gasteiger partial charge in [0.1, 0.15) is 29.4 Å². The maximum atomic E-state index is 13.8. The molecule has 1 saturated heterocycles. The zero-order valence-corrected chi connectivity index (χ0v) is 10.6. The van der Waals surface area contributed by atoms with Gasteiger partial charge in [-0.25, -0.2) is 8.78 Å². The summed E-state index contributed by atoms with van der Waals surface area (Å²) in [5.41, 5.74) is -0.465. The van der Waals surface area contributed by atoms with Crippen LogP contribution < -0.4 is 10.2 Å². The third kappa shape index (κ3) is 2.18. The number of piperazine rings is 1. The number of nitrogens with zero attached hydrogens (tertiary/aromatic N) is 1. The van der Waals surface area contributed by atoms with Crippen LogP contribution >= 0.6 is 0 Å². The van der Waals surface area contributed by atoms with Crippen molar-refractivity contribution in [1.29, 1.82) is 0 Å². The number of hydrogen-bond donors (Lipinski definition) is 1. The molecule has 0 aliphatic carbocycles. The average molecular weight is 268 g/mol. The molecule has 0 radical (unpaired) electrons. The van der Waals surface area contributed by atoms with Crippen molar-refractivity contribution in [2.45, 2.75) is 32.4 Å². The standard InChI is InChI=1S/C13H14F2N2O2/c1-3-10-13(19)17(7(2)12(18)16-10)11-8(14)5-4-6-9(11)15/h4-7,10H,3H2,1-2H3,(H,16,18). The zero-order valence-electron chi connectivity index (χ0n) is 10.6. The minimum absolute atomic E-state index is 0.365. The van der Waals surface area contributed by atoms with Crippen molar-refractivity contribution in [3.63, 3.8) is 0 Å². The van der Waals surface area contributed by atoms with Crippen molar-refractivity contribution in [2.75, 3.05) is 4.90 Å². The number of halogens is 2. The number of para-hydroxylation sites is 1. The smallest absolute Gasteiger partial charge is 0.250 e. The first-order valence-electron chi connectivity index (χ1n) is 6.04. The van der Waals surface area contributed by atoms with E-state index in [9.17, 15) is 18.4 Å². The van der Waals surface area contributed by atoms with Crippen LogP contribution in [0.5, 0.6) is 0 Å². The molecular formula is C13H14F2N2O2. The van der Waals surface area contributed by atoms with E-state index in [1.54, 1.807) is 6.92 Å². The second kappa shape index (κ2) is 4.95. The lowest BCUT2D eigenvalue weighted by Gasteiger charge is -2.37. The summed E-state index contributed by atoms with van der Waals surface area (Å²) >= 11 is 0. The number of benzene rings is 1. The van der Waals surface area contributed by atoms with Crippen molar-refractivity contribution in [3.05, 3.63) is 29.8 Å². The van der Waals surface area contributed by atoms with Crippen LogP contribution in [0.1, 0.15) is 20.3 Å². The zero-order chi connectivity index (χ0) is 14.2. The van der Waals surface area contributed by atoms with E-state index in [2.05, 4.69) is 5.32 Å². The summed E-state index contributed by atoms with van der Waals surface area (Å²) in [6.07, 6.45) is 0.365. The maximum Gasteiger partial charge on any atom is 0.250 e. The normalized spacial score (nSPS) is 23.5. The molecule has 2 unspecified atom stereocenters. The van der Waals surface area contributed by atoms with E-state index < -0.39 is 41.2 Å². The molecule has 0 saturated carbocycles. The Morgan fingerprint density at radius 1 is 1.26 bits per heavy atom. The van der Waals surface area contributed by atoms with Crippen molar-refractivity contribution in [1.82, 2.24) is 5.32 Å². The highest BCUT2D eigenvalue weighted by Crippen LogP contribution is 2.28. The van der Waals surface area contributed by atoms with E-state index in [0.717, 1.165) is 17.0 Å². The van der Waals surface area contributed by atoms with Gasteiger partial charge in [0.15, 0.2) is 0 Å². The summed E-state index contributed by atoms with van der Waals surface area (Å²) in [5.74, 6) is -2.64. The van der Waals surface area contributed by atoms with Gasteiger partial charge < -0.3 is 5.32 Å². The van der Waals surface area contributed by atoms with Crippen LogP contribution in [0, 0.1) is 11.6 Å². The van der Waals surface area contributed by atoms with E-state index in [4.69, 9.17) is 0 Å². The number of carbonyl (C=O) groups excluding carboxylic acids is 2. The first-order valence-corrected chi connectivity index (χ1v) is 6.04. The highest BCUT2D eigenvalue weighted by Gasteiger charge is 2.40. The molecule has 1 aliphatic rings. The molecule has 1 aliphatic heterocycles. The summed E-state index contributed by atoms with van der Waals surface area (Å²) in [7, 11) is 0. The fraction of sp³-hybridized carbons (Fsp3) is 0.385. The van der Waals surface area contributed by atoms with Gasteiger partial charge >= 0.3 is 0 Å². The molecule has 1 aromatic carbocycles. The van der Waals surface area contributed by atoms with Gasteiger partial charge in [0.25, 0.3) is 0 Å². The van der Waals surface area contributed by atoms with Gasteiger partial charge in [-0.05, 0) is 25.5 Å². The Morgan fingerprint density at radius 3 is 2.37 bits per heavy atom. The summed E-state index contributed by atoms with van der Waals surface area (Å²) < 4.78 is 27.5. The van der Waals surface area contributed by atoms with Crippen LogP contribution in [0.2, 0.25) is 0 Å². The minimum Gasteiger partial charge on any atom is -0.343 e. The fourth-order valence-electron chi connectivity index (χ4n) is 2.13. The van der Waals surface area contributed by atoms with E-state index in [1.165, 1.54) is 13.0 Å². The molecule has 2 amide bonds. The second-order valence-electron chi connectivity index (χ2n) is 4.42. The molecule has 1 N–H and O–H groups in total. The number of nitrogens with one attached hydrogen (secondary N) is 1. The Balaban J connectivity index is 2.51. The third-order valence-corrected chi connectivity index (χ3v) is 3.21. The van der Waals surface area contributed by atoms with Crippen molar-refractivity contribution < 1.29 is 18.4 Å². The molecule has 0 spiro atoms. The van der Waals surface area contributed by atoms with Gasteiger partial charge in [0.05, 0.1) is 0 Å². The molecule has 1 fully saturated rings. The van der Waals surface area contributed by atoms with Crippen LogP contribution in [0.25, 0.3) is 0 Å². The highest BCUT2D eigenvalue weighted by molar-refractivity contribution is 6.08. The van der Waals surface area contributed by atoms with Crippen LogP contribution in [0.4, 0.5) is 14.5 Å². The molecule has 1 heterocycles. The predicted octanol–water partition coefficient (Wildman–Crippen LogP) is 1.59. The number of carbonyl (C=O) groups is 2. The molecule has 2 atom stereocenters. The van der Waals surface area contributed by atoms with Gasteiger partial charge in [-0.2, -0.15) is 0 Å².